The third-order valence-electron chi connectivity index (χ3n) is 3.11. The minimum atomic E-state index is -0.415. The molecule has 1 saturated carbocycles. The van der Waals surface area contributed by atoms with E-state index in [2.05, 4.69) is 12.2 Å². The van der Waals surface area contributed by atoms with Crippen LogP contribution in [-0.4, -0.2) is 17.8 Å². The highest BCUT2D eigenvalue weighted by Gasteiger charge is 2.27. The topological polar surface area (TPSA) is 29.1 Å². The normalized spacial score (nSPS) is 22.8. The maximum absolute atomic E-state index is 11.3. The Kier molecular flexibility index (Phi) is 4.24. The Labute approximate surface area is 91.4 Å². The largest absolute Gasteiger partial charge is 0.354 e. The van der Waals surface area contributed by atoms with E-state index < -0.39 is 5.38 Å². The summed E-state index contributed by atoms with van der Waals surface area (Å²) in [6.07, 6.45) is 6.38. The van der Waals surface area contributed by atoms with Crippen LogP contribution >= 0.6 is 11.6 Å². The Bertz CT molecular complexity index is 197. The van der Waals surface area contributed by atoms with Crippen molar-refractivity contribution in [2.24, 2.45) is 5.41 Å². The molecule has 1 fully saturated rings. The molecule has 1 aliphatic rings. The lowest BCUT2D eigenvalue weighted by Gasteiger charge is -2.33. The third-order valence-corrected chi connectivity index (χ3v) is 3.31. The summed E-state index contributed by atoms with van der Waals surface area (Å²) < 4.78 is 0. The van der Waals surface area contributed by atoms with Gasteiger partial charge in [0.2, 0.25) is 5.91 Å². The molecule has 0 heterocycles. The summed E-state index contributed by atoms with van der Waals surface area (Å²) in [6.45, 7) is 4.74. The van der Waals surface area contributed by atoms with Gasteiger partial charge in [0.1, 0.15) is 5.38 Å². The second kappa shape index (κ2) is 5.01. The van der Waals surface area contributed by atoms with Crippen LogP contribution in [0.1, 0.15) is 46.0 Å². The summed E-state index contributed by atoms with van der Waals surface area (Å²) in [5.41, 5.74) is 0.305. The molecule has 0 aromatic carbocycles. The van der Waals surface area contributed by atoms with E-state index in [0.29, 0.717) is 5.41 Å². The molecule has 2 nitrogen and oxygen atoms in total. The fraction of sp³-hybridized carbons (Fsp3) is 0.909. The first kappa shape index (κ1) is 11.8. The van der Waals surface area contributed by atoms with E-state index in [1.54, 1.807) is 6.92 Å². The van der Waals surface area contributed by atoms with Gasteiger partial charge in [0.15, 0.2) is 0 Å². The number of nitrogens with one attached hydrogen (secondary N) is 1. The molecule has 1 N–H and O–H groups in total. The van der Waals surface area contributed by atoms with Gasteiger partial charge in [0.05, 0.1) is 0 Å². The molecular formula is C11H20ClNO. The number of alkyl halides is 1. The molecule has 0 bridgehead atoms. The van der Waals surface area contributed by atoms with Crippen LogP contribution in [0.15, 0.2) is 0 Å². The van der Waals surface area contributed by atoms with Crippen LogP contribution in [0.4, 0.5) is 0 Å². The van der Waals surface area contributed by atoms with Gasteiger partial charge in [-0.2, -0.15) is 0 Å². The quantitative estimate of drug-likeness (QED) is 0.724. The van der Waals surface area contributed by atoms with Gasteiger partial charge in [-0.1, -0.05) is 26.2 Å². The Morgan fingerprint density at radius 3 is 2.50 bits per heavy atom. The zero-order chi connectivity index (χ0) is 10.6. The van der Waals surface area contributed by atoms with Crippen LogP contribution in [0.25, 0.3) is 0 Å². The van der Waals surface area contributed by atoms with Gasteiger partial charge in [0.25, 0.3) is 0 Å². The SMILES string of the molecule is CC(Cl)C(=O)NCC1(C)CCCCC1. The summed E-state index contributed by atoms with van der Waals surface area (Å²) in [4.78, 5) is 11.3. The summed E-state index contributed by atoms with van der Waals surface area (Å²) in [7, 11) is 0. The lowest BCUT2D eigenvalue weighted by molar-refractivity contribution is -0.121. The molecule has 0 radical (unpaired) electrons. The monoisotopic (exact) mass is 217 g/mol. The number of hydrogen-bond donors (Lipinski definition) is 1. The Morgan fingerprint density at radius 1 is 1.43 bits per heavy atom. The predicted octanol–water partition coefficient (Wildman–Crippen LogP) is 2.70. The van der Waals surface area contributed by atoms with Gasteiger partial charge in [-0.15, -0.1) is 11.6 Å². The van der Waals surface area contributed by atoms with Gasteiger partial charge in [-0.3, -0.25) is 4.79 Å². The summed E-state index contributed by atoms with van der Waals surface area (Å²) in [5, 5.41) is 2.51. The van der Waals surface area contributed by atoms with Crippen molar-refractivity contribution in [2.45, 2.75) is 51.3 Å². The molecule has 0 aromatic heterocycles. The Hall–Kier alpha value is -0.240. The highest BCUT2D eigenvalue weighted by molar-refractivity contribution is 6.30. The minimum Gasteiger partial charge on any atom is -0.354 e. The predicted molar refractivity (Wildman–Crippen MR) is 59.5 cm³/mol. The summed E-state index contributed by atoms with van der Waals surface area (Å²) in [6, 6.07) is 0. The third kappa shape index (κ3) is 3.49. The molecule has 3 heteroatoms. The van der Waals surface area contributed by atoms with Crippen LogP contribution in [0, 0.1) is 5.41 Å². The lowest BCUT2D eigenvalue weighted by Crippen LogP contribution is -2.39. The number of carbonyl (C=O) groups excluding carboxylic acids is 1. The van der Waals surface area contributed by atoms with Crippen molar-refractivity contribution < 1.29 is 4.79 Å². The van der Waals surface area contributed by atoms with Crippen LogP contribution < -0.4 is 5.32 Å². The second-order valence-corrected chi connectivity index (χ2v) is 5.36. The number of carbonyl (C=O) groups is 1. The molecule has 1 unspecified atom stereocenters. The molecule has 1 rings (SSSR count). The highest BCUT2D eigenvalue weighted by atomic mass is 35.5. The maximum atomic E-state index is 11.3. The molecule has 0 spiro atoms. The number of amides is 1. The minimum absolute atomic E-state index is 0.0431. The first-order valence-corrected chi connectivity index (χ1v) is 5.89. The van der Waals surface area contributed by atoms with Crippen molar-refractivity contribution in [1.82, 2.24) is 5.32 Å². The van der Waals surface area contributed by atoms with E-state index in [-0.39, 0.29) is 5.91 Å². The zero-order valence-electron chi connectivity index (χ0n) is 9.11. The molecular weight excluding hydrogens is 198 g/mol. The number of halogens is 1. The van der Waals surface area contributed by atoms with E-state index in [0.717, 1.165) is 6.54 Å². The zero-order valence-corrected chi connectivity index (χ0v) is 9.86. The standard InChI is InChI=1S/C11H20ClNO/c1-9(12)10(14)13-8-11(2)6-4-3-5-7-11/h9H,3-8H2,1-2H3,(H,13,14). The first-order valence-electron chi connectivity index (χ1n) is 5.45. The molecule has 1 amide bonds. The number of rotatable bonds is 3. The average molecular weight is 218 g/mol. The van der Waals surface area contributed by atoms with E-state index in [1.165, 1.54) is 32.1 Å². The van der Waals surface area contributed by atoms with Crippen molar-refractivity contribution in [2.75, 3.05) is 6.54 Å². The van der Waals surface area contributed by atoms with Gasteiger partial charge in [-0.05, 0) is 25.2 Å². The van der Waals surface area contributed by atoms with E-state index in [9.17, 15) is 4.79 Å². The lowest BCUT2D eigenvalue weighted by atomic mass is 9.76. The molecule has 0 aromatic rings. The Balaban J connectivity index is 2.32. The Morgan fingerprint density at radius 2 is 2.00 bits per heavy atom. The van der Waals surface area contributed by atoms with Crippen LogP contribution in [0.2, 0.25) is 0 Å². The molecule has 0 saturated heterocycles. The van der Waals surface area contributed by atoms with Crippen molar-refractivity contribution in [1.29, 1.82) is 0 Å². The van der Waals surface area contributed by atoms with Crippen molar-refractivity contribution in [3.8, 4) is 0 Å². The molecule has 14 heavy (non-hydrogen) atoms. The van der Waals surface area contributed by atoms with E-state index in [1.807, 2.05) is 0 Å². The van der Waals surface area contributed by atoms with Gasteiger partial charge in [-0.25, -0.2) is 0 Å². The summed E-state index contributed by atoms with van der Waals surface area (Å²) >= 11 is 5.68. The van der Waals surface area contributed by atoms with Crippen LogP contribution in [0.3, 0.4) is 0 Å². The first-order chi connectivity index (χ1) is 6.53. The fourth-order valence-corrected chi connectivity index (χ4v) is 2.10. The second-order valence-electron chi connectivity index (χ2n) is 4.71. The smallest absolute Gasteiger partial charge is 0.237 e. The molecule has 1 atom stereocenters. The molecule has 1 aliphatic carbocycles. The summed E-state index contributed by atoms with van der Waals surface area (Å²) in [5.74, 6) is -0.0431. The highest BCUT2D eigenvalue weighted by Crippen LogP contribution is 2.34. The molecule has 0 aliphatic heterocycles. The van der Waals surface area contributed by atoms with Crippen LogP contribution in [0.5, 0.6) is 0 Å². The van der Waals surface area contributed by atoms with Crippen molar-refractivity contribution in [3.05, 3.63) is 0 Å². The maximum Gasteiger partial charge on any atom is 0.237 e. The van der Waals surface area contributed by atoms with E-state index in [4.69, 9.17) is 11.6 Å². The van der Waals surface area contributed by atoms with Crippen molar-refractivity contribution in [3.63, 3.8) is 0 Å². The molecule has 82 valence electrons. The average Bonchev–Trinajstić information content (AvgIpc) is 2.15. The van der Waals surface area contributed by atoms with Crippen LogP contribution in [-0.2, 0) is 4.79 Å². The van der Waals surface area contributed by atoms with Gasteiger partial charge < -0.3 is 5.32 Å². The van der Waals surface area contributed by atoms with Gasteiger partial charge in [0, 0.05) is 6.54 Å². The fourth-order valence-electron chi connectivity index (χ4n) is 2.02. The van der Waals surface area contributed by atoms with Gasteiger partial charge >= 0.3 is 0 Å². The number of hydrogen-bond acceptors (Lipinski definition) is 1. The van der Waals surface area contributed by atoms with E-state index >= 15 is 0 Å². The van der Waals surface area contributed by atoms with Crippen molar-refractivity contribution >= 4 is 17.5 Å².